The zero-order valence-electron chi connectivity index (χ0n) is 14.5. The van der Waals surface area contributed by atoms with Gasteiger partial charge in [-0.25, -0.2) is 0 Å². The predicted octanol–water partition coefficient (Wildman–Crippen LogP) is 0.975. The van der Waals surface area contributed by atoms with Crippen LogP contribution in [0.4, 0.5) is 0 Å². The van der Waals surface area contributed by atoms with E-state index < -0.39 is 0 Å². The highest BCUT2D eigenvalue weighted by Gasteiger charge is 2.39. The summed E-state index contributed by atoms with van der Waals surface area (Å²) in [5.74, 6) is 0.894. The molecule has 1 unspecified atom stereocenters. The van der Waals surface area contributed by atoms with Crippen molar-refractivity contribution in [3.05, 3.63) is 0 Å². The largest absolute Gasteiger partial charge is 0.381 e. The zero-order chi connectivity index (χ0) is 16.0. The molecule has 0 aromatic carbocycles. The van der Waals surface area contributed by atoms with Gasteiger partial charge in [-0.2, -0.15) is 0 Å². The van der Waals surface area contributed by atoms with Crippen molar-refractivity contribution >= 4 is 5.96 Å². The maximum atomic E-state index is 5.67. The molecular formula is C17H32N4O2. The minimum Gasteiger partial charge on any atom is -0.381 e. The number of likely N-dealkylation sites (tertiary alicyclic amines) is 1. The van der Waals surface area contributed by atoms with Crippen LogP contribution in [0.1, 0.15) is 38.5 Å². The van der Waals surface area contributed by atoms with Crippen molar-refractivity contribution in [3.63, 3.8) is 0 Å². The number of hydrogen-bond acceptors (Lipinski definition) is 4. The van der Waals surface area contributed by atoms with Crippen LogP contribution in [0.25, 0.3) is 0 Å². The molecule has 132 valence electrons. The summed E-state index contributed by atoms with van der Waals surface area (Å²) in [6.07, 6.45) is 7.55. The van der Waals surface area contributed by atoms with Crippen LogP contribution in [0.15, 0.2) is 4.99 Å². The summed E-state index contributed by atoms with van der Waals surface area (Å²) in [5.41, 5.74) is 0.232. The second-order valence-electron chi connectivity index (χ2n) is 6.97. The first kappa shape index (κ1) is 17.0. The van der Waals surface area contributed by atoms with E-state index in [1.54, 1.807) is 0 Å². The molecule has 3 heterocycles. The van der Waals surface area contributed by atoms with E-state index in [0.717, 1.165) is 58.1 Å². The Hall–Kier alpha value is -0.850. The fraction of sp³-hybridized carbons (Fsp3) is 0.941. The maximum absolute atomic E-state index is 5.67. The Bertz CT molecular complexity index is 384. The number of nitrogens with one attached hydrogen (secondary N) is 2. The molecule has 0 amide bonds. The van der Waals surface area contributed by atoms with Gasteiger partial charge in [-0.1, -0.05) is 0 Å². The van der Waals surface area contributed by atoms with Crippen molar-refractivity contribution < 1.29 is 9.47 Å². The first-order valence-corrected chi connectivity index (χ1v) is 9.21. The SMILES string of the molecule is CN=C(NCC1CCCO1)NCC1(N2CCCC2)CCOCC1. The van der Waals surface area contributed by atoms with Crippen molar-refractivity contribution in [2.45, 2.75) is 50.2 Å². The Morgan fingerprint density at radius 1 is 1.13 bits per heavy atom. The van der Waals surface area contributed by atoms with E-state index in [1.807, 2.05) is 7.05 Å². The molecule has 2 N–H and O–H groups in total. The van der Waals surface area contributed by atoms with Crippen LogP contribution in [0.2, 0.25) is 0 Å². The molecule has 3 aliphatic heterocycles. The van der Waals surface area contributed by atoms with Gasteiger partial charge in [0.2, 0.25) is 0 Å². The molecule has 0 aromatic rings. The van der Waals surface area contributed by atoms with Gasteiger partial charge >= 0.3 is 0 Å². The van der Waals surface area contributed by atoms with Crippen molar-refractivity contribution in [1.82, 2.24) is 15.5 Å². The molecule has 3 aliphatic rings. The van der Waals surface area contributed by atoms with Gasteiger partial charge in [0.1, 0.15) is 0 Å². The second-order valence-corrected chi connectivity index (χ2v) is 6.97. The average Bonchev–Trinajstić information content (AvgIpc) is 3.30. The lowest BCUT2D eigenvalue weighted by Gasteiger charge is -2.45. The first-order chi connectivity index (χ1) is 11.3. The highest BCUT2D eigenvalue weighted by Crippen LogP contribution is 2.30. The van der Waals surface area contributed by atoms with Crippen LogP contribution in [0.5, 0.6) is 0 Å². The third kappa shape index (κ3) is 4.37. The van der Waals surface area contributed by atoms with E-state index >= 15 is 0 Å². The summed E-state index contributed by atoms with van der Waals surface area (Å²) >= 11 is 0. The third-order valence-corrected chi connectivity index (χ3v) is 5.53. The van der Waals surface area contributed by atoms with Gasteiger partial charge in [-0.15, -0.1) is 0 Å². The summed E-state index contributed by atoms with van der Waals surface area (Å²) in [6.45, 7) is 6.89. The molecule has 3 fully saturated rings. The Morgan fingerprint density at radius 3 is 2.57 bits per heavy atom. The summed E-state index contributed by atoms with van der Waals surface area (Å²) in [6, 6.07) is 0. The minimum atomic E-state index is 0.232. The lowest BCUT2D eigenvalue weighted by molar-refractivity contribution is -0.0164. The van der Waals surface area contributed by atoms with Gasteiger partial charge < -0.3 is 20.1 Å². The van der Waals surface area contributed by atoms with E-state index in [1.165, 1.54) is 32.4 Å². The number of hydrogen-bond donors (Lipinski definition) is 2. The molecule has 0 bridgehead atoms. The highest BCUT2D eigenvalue weighted by molar-refractivity contribution is 5.79. The molecule has 0 spiro atoms. The fourth-order valence-corrected chi connectivity index (χ4v) is 4.03. The van der Waals surface area contributed by atoms with Gasteiger partial charge in [0, 0.05) is 45.5 Å². The van der Waals surface area contributed by atoms with Crippen LogP contribution in [0.3, 0.4) is 0 Å². The minimum absolute atomic E-state index is 0.232. The van der Waals surface area contributed by atoms with Crippen LogP contribution in [0, 0.1) is 0 Å². The molecule has 3 saturated heterocycles. The third-order valence-electron chi connectivity index (χ3n) is 5.53. The predicted molar refractivity (Wildman–Crippen MR) is 91.9 cm³/mol. The number of guanidine groups is 1. The van der Waals surface area contributed by atoms with Gasteiger partial charge in [-0.05, 0) is 51.6 Å². The Morgan fingerprint density at radius 2 is 1.91 bits per heavy atom. The topological polar surface area (TPSA) is 58.1 Å². The van der Waals surface area contributed by atoms with Gasteiger partial charge in [0.25, 0.3) is 0 Å². The Kier molecular flexibility index (Phi) is 6.14. The van der Waals surface area contributed by atoms with Gasteiger partial charge in [0.15, 0.2) is 5.96 Å². The van der Waals surface area contributed by atoms with Crippen LogP contribution in [-0.2, 0) is 9.47 Å². The summed E-state index contributed by atoms with van der Waals surface area (Å²) in [7, 11) is 1.84. The molecule has 3 rings (SSSR count). The first-order valence-electron chi connectivity index (χ1n) is 9.21. The van der Waals surface area contributed by atoms with Crippen molar-refractivity contribution in [1.29, 1.82) is 0 Å². The van der Waals surface area contributed by atoms with Crippen molar-refractivity contribution in [2.75, 3.05) is 53.0 Å². The smallest absolute Gasteiger partial charge is 0.191 e. The maximum Gasteiger partial charge on any atom is 0.191 e. The molecule has 0 radical (unpaired) electrons. The summed E-state index contributed by atoms with van der Waals surface area (Å²) in [5, 5.41) is 6.99. The zero-order valence-corrected chi connectivity index (χ0v) is 14.5. The molecule has 0 saturated carbocycles. The quantitative estimate of drug-likeness (QED) is 0.583. The lowest BCUT2D eigenvalue weighted by atomic mass is 9.88. The van der Waals surface area contributed by atoms with E-state index in [4.69, 9.17) is 9.47 Å². The number of nitrogens with zero attached hydrogens (tertiary/aromatic N) is 2. The molecule has 6 nitrogen and oxygen atoms in total. The highest BCUT2D eigenvalue weighted by atomic mass is 16.5. The van der Waals surface area contributed by atoms with Crippen LogP contribution < -0.4 is 10.6 Å². The second kappa shape index (κ2) is 8.31. The molecule has 23 heavy (non-hydrogen) atoms. The number of rotatable bonds is 5. The average molecular weight is 324 g/mol. The van der Waals surface area contributed by atoms with Crippen molar-refractivity contribution in [2.24, 2.45) is 4.99 Å². The van der Waals surface area contributed by atoms with Gasteiger partial charge in [0.05, 0.1) is 6.10 Å². The van der Waals surface area contributed by atoms with E-state index in [0.29, 0.717) is 6.10 Å². The normalized spacial score (nSPS) is 28.9. The number of ether oxygens (including phenoxy) is 2. The standard InChI is InChI=1S/C17H32N4O2/c1-18-16(19-13-15-5-4-10-23-15)20-14-17(6-11-22-12-7-17)21-8-2-3-9-21/h15H,2-14H2,1H3,(H2,18,19,20). The van der Waals surface area contributed by atoms with Crippen molar-refractivity contribution in [3.8, 4) is 0 Å². The Labute approximate surface area is 140 Å². The Balaban J connectivity index is 1.51. The molecule has 1 atom stereocenters. The fourth-order valence-electron chi connectivity index (χ4n) is 4.03. The molecule has 0 aromatic heterocycles. The van der Waals surface area contributed by atoms with E-state index in [2.05, 4.69) is 20.5 Å². The van der Waals surface area contributed by atoms with Gasteiger partial charge in [-0.3, -0.25) is 9.89 Å². The monoisotopic (exact) mass is 324 g/mol. The molecule has 0 aliphatic carbocycles. The van der Waals surface area contributed by atoms with E-state index in [9.17, 15) is 0 Å². The van der Waals surface area contributed by atoms with Crippen LogP contribution in [-0.4, -0.2) is 75.5 Å². The number of aliphatic imine (C=N–C) groups is 1. The summed E-state index contributed by atoms with van der Waals surface area (Å²) < 4.78 is 11.3. The van der Waals surface area contributed by atoms with E-state index in [-0.39, 0.29) is 5.54 Å². The summed E-state index contributed by atoms with van der Waals surface area (Å²) in [4.78, 5) is 7.06. The lowest BCUT2D eigenvalue weighted by Crippen LogP contribution is -2.58. The molecular weight excluding hydrogens is 292 g/mol. The van der Waals surface area contributed by atoms with Crippen LogP contribution >= 0.6 is 0 Å². The molecule has 6 heteroatoms.